The molecule has 130 heavy (non-hydrogen) atoms. The van der Waals surface area contributed by atoms with Gasteiger partial charge in [-0.2, -0.15) is 5.26 Å². The summed E-state index contributed by atoms with van der Waals surface area (Å²) in [6.07, 6.45) is 0. The molecule has 0 saturated carbocycles. The summed E-state index contributed by atoms with van der Waals surface area (Å²) in [5.74, 6) is 0. The van der Waals surface area contributed by atoms with Crippen molar-refractivity contribution in [2.24, 2.45) is 0 Å². The normalized spacial score (nSPS) is 12.7. The van der Waals surface area contributed by atoms with Crippen LogP contribution in [0.15, 0.2) is 378 Å². The number of furan rings is 6. The van der Waals surface area contributed by atoms with E-state index >= 15 is 0 Å². The van der Waals surface area contributed by atoms with Crippen LogP contribution in [-0.2, 0) is 5.41 Å². The van der Waals surface area contributed by atoms with Gasteiger partial charge in [0.25, 0.3) is 0 Å². The lowest BCUT2D eigenvalue weighted by Crippen LogP contribution is -2.10. The lowest BCUT2D eigenvalue weighted by atomic mass is 9.86. The summed E-state index contributed by atoms with van der Waals surface area (Å²) in [5, 5.41) is 39.5. The third-order valence-electron chi connectivity index (χ3n) is 28.5. The molecule has 0 aliphatic heterocycles. The van der Waals surface area contributed by atoms with Crippen molar-refractivity contribution in [3.8, 4) is 34.0 Å². The number of fused-ring (bicyclic) bond motifs is 45. The molecule has 11 heteroatoms. The molecule has 0 saturated heterocycles. The van der Waals surface area contributed by atoms with Gasteiger partial charge >= 0.3 is 0 Å². The maximum atomic E-state index is 9.34. The number of benzene rings is 19. The third-order valence-corrected chi connectivity index (χ3v) is 28.5. The summed E-state index contributed by atoms with van der Waals surface area (Å²) >= 11 is 0. The second-order valence-electron chi connectivity index (χ2n) is 36.2. The van der Waals surface area contributed by atoms with Gasteiger partial charge in [0.15, 0.2) is 33.5 Å². The van der Waals surface area contributed by atoms with Crippen molar-refractivity contribution in [2.75, 3.05) is 0 Å². The van der Waals surface area contributed by atoms with E-state index in [1.54, 1.807) is 0 Å². The second kappa shape index (κ2) is 25.0. The summed E-state index contributed by atoms with van der Waals surface area (Å²) in [6, 6.07) is 127. The Labute approximate surface area is 735 Å². The number of aromatic nitrogens is 4. The van der Waals surface area contributed by atoms with Crippen LogP contribution < -0.4 is 0 Å². The highest BCUT2D eigenvalue weighted by molar-refractivity contribution is 6.36. The maximum absolute atomic E-state index is 9.34. The molecule has 0 spiro atoms. The van der Waals surface area contributed by atoms with E-state index in [4.69, 9.17) is 26.5 Å². The molecular weight excluding hydrogens is 1600 g/mol. The SMILES string of the molecule is CC(C)(C)c1ccc(-c2cc3c4ccc5c6ccccc6oc5c4n4c3c(c2)c2ccc3c5ccccc5oc3c24)cc1.N#Cc1ccc(-c2cc3c4ccc5c6ccccc6oc5c4n4c3c(c2)c2ccc3c5ccccc5oc3c24)cc1.c1ccc2c(c1)oc1c2ccc2c3cc(-n4c5ccccc5c5ccccc54)cc4c5ccc6c7ccccc7oc6c5n(c34)c21. The first-order chi connectivity index (χ1) is 64.1. The van der Waals surface area contributed by atoms with E-state index in [1.165, 1.54) is 103 Å². The molecule has 0 atom stereocenters. The smallest absolute Gasteiger partial charge is 0.160 e. The summed E-state index contributed by atoms with van der Waals surface area (Å²) in [6.45, 7) is 6.79. The predicted molar refractivity (Wildman–Crippen MR) is 536 cm³/mol. The monoisotopic (exact) mass is 1660 g/mol. The first-order valence-corrected chi connectivity index (χ1v) is 44.3. The van der Waals surface area contributed by atoms with E-state index in [2.05, 4.69) is 324 Å². The van der Waals surface area contributed by atoms with E-state index in [9.17, 15) is 5.26 Å². The quantitative estimate of drug-likeness (QED) is 0.173. The molecule has 19 aromatic carbocycles. The molecule has 0 unspecified atom stereocenters. The fourth-order valence-corrected chi connectivity index (χ4v) is 22.7. The molecule has 0 bridgehead atoms. The Bertz CT molecular complexity index is 10100. The number of para-hydroxylation sites is 8. The van der Waals surface area contributed by atoms with Crippen molar-refractivity contribution in [3.63, 3.8) is 0 Å². The van der Waals surface area contributed by atoms with Crippen molar-refractivity contribution in [3.05, 3.63) is 363 Å². The Morgan fingerprint density at radius 2 is 0.438 bits per heavy atom. The Kier molecular flexibility index (Phi) is 13.5. The van der Waals surface area contributed by atoms with Crippen LogP contribution >= 0.6 is 0 Å². The Morgan fingerprint density at radius 3 is 0.700 bits per heavy atom. The first kappa shape index (κ1) is 70.0. The number of hydrogen-bond donors (Lipinski definition) is 0. The summed E-state index contributed by atoms with van der Waals surface area (Å²) in [5.41, 5.74) is 31.0. The lowest BCUT2D eigenvalue weighted by molar-refractivity contribution is 0.590. The van der Waals surface area contributed by atoms with Gasteiger partial charge in [-0.3, -0.25) is 0 Å². The highest BCUT2D eigenvalue weighted by Crippen LogP contribution is 2.54. The van der Waals surface area contributed by atoms with Crippen LogP contribution in [-0.4, -0.2) is 17.8 Å². The average molecular weight is 1660 g/mol. The van der Waals surface area contributed by atoms with Gasteiger partial charge in [0.05, 0.1) is 72.3 Å². The highest BCUT2D eigenvalue weighted by Gasteiger charge is 2.32. The van der Waals surface area contributed by atoms with E-state index in [1.807, 2.05) is 72.8 Å². The van der Waals surface area contributed by atoms with E-state index in [0.717, 1.165) is 198 Å². The zero-order valence-electron chi connectivity index (χ0n) is 70.2. The number of hydrogen-bond acceptors (Lipinski definition) is 7. The topological polar surface area (TPSA) is 121 Å². The predicted octanol–water partition coefficient (Wildman–Crippen LogP) is 33.5. The van der Waals surface area contributed by atoms with E-state index in [-0.39, 0.29) is 5.41 Å². The van der Waals surface area contributed by atoms with Gasteiger partial charge in [-0.15, -0.1) is 0 Å². The van der Waals surface area contributed by atoms with Gasteiger partial charge in [-0.05, 0) is 167 Å². The number of nitrogens with zero attached hydrogens (tertiary/aromatic N) is 5. The molecule has 0 amide bonds. The van der Waals surface area contributed by atoms with E-state index < -0.39 is 0 Å². The lowest BCUT2D eigenvalue weighted by Gasteiger charge is -2.19. The van der Waals surface area contributed by atoms with Crippen LogP contribution in [0.1, 0.15) is 31.9 Å². The minimum atomic E-state index is 0.110. The van der Waals surface area contributed by atoms with Gasteiger partial charge in [-0.25, -0.2) is 0 Å². The van der Waals surface area contributed by atoms with Gasteiger partial charge in [0.2, 0.25) is 0 Å². The molecular formula is C119H67N5O6. The van der Waals surface area contributed by atoms with Crippen molar-refractivity contribution >= 4 is 268 Å². The van der Waals surface area contributed by atoms with Crippen LogP contribution in [0.2, 0.25) is 0 Å². The van der Waals surface area contributed by atoms with Crippen molar-refractivity contribution in [2.45, 2.75) is 26.2 Å². The minimum absolute atomic E-state index is 0.110. The summed E-state index contributed by atoms with van der Waals surface area (Å²) in [7, 11) is 0. The van der Waals surface area contributed by atoms with Crippen molar-refractivity contribution < 1.29 is 26.5 Å². The van der Waals surface area contributed by atoms with Crippen molar-refractivity contribution in [1.82, 2.24) is 17.8 Å². The maximum Gasteiger partial charge on any atom is 0.160 e. The minimum Gasteiger partial charge on any atom is -0.454 e. The molecule has 13 heterocycles. The van der Waals surface area contributed by atoms with Gasteiger partial charge in [0, 0.05) is 146 Å². The Morgan fingerprint density at radius 1 is 0.208 bits per heavy atom. The van der Waals surface area contributed by atoms with Crippen LogP contribution in [0.3, 0.4) is 0 Å². The largest absolute Gasteiger partial charge is 0.454 e. The van der Waals surface area contributed by atoms with Crippen LogP contribution in [0.4, 0.5) is 0 Å². The molecule has 0 aliphatic carbocycles. The van der Waals surface area contributed by atoms with Crippen LogP contribution in [0, 0.1) is 11.3 Å². The number of rotatable bonds is 3. The Balaban J connectivity index is 0.0000000943. The molecule has 13 aromatic heterocycles. The van der Waals surface area contributed by atoms with E-state index in [0.29, 0.717) is 5.56 Å². The fraction of sp³-hybridized carbons (Fsp3) is 0.0336. The third kappa shape index (κ3) is 9.19. The Hall–Kier alpha value is -17.3. The zero-order valence-corrected chi connectivity index (χ0v) is 70.2. The molecule has 11 nitrogen and oxygen atoms in total. The molecule has 0 radical (unpaired) electrons. The standard InChI is InChI=1S/C42H22N2O2.C40H27NO2.C37H18N2O2/c1-5-13-34-24(9-1)25-10-2-6-14-35(25)43(34)23-21-32-28-17-19-30-26-11-3-7-15-36(26)45-41(30)39(28)44-38(32)33(22-23)29-18-20-31-27-12-4-8-16-37(27)46-42(31)40(29)44;1-40(2,3)24-14-12-22(13-15-24)23-20-31-27-16-18-29-25-8-4-6-10-33(25)42-38(29)36(27)41-35(31)32(21-23)28-17-19-30-26-9-5-7-11-34(26)43-39(30)37(28)41;38-19-20-9-11-21(12-10-20)22-17-29-25-13-15-27-23-5-1-3-7-31(23)40-36(27)34(25)39-33(29)30(18-22)26-14-16-28-24-6-2-4-8-32(24)41-37(28)35(26)39/h1-22H;4-21H,1-3H3;1-18H. The summed E-state index contributed by atoms with van der Waals surface area (Å²) in [4.78, 5) is 0. The van der Waals surface area contributed by atoms with Crippen LogP contribution in [0.5, 0.6) is 0 Å². The molecule has 0 aliphatic rings. The van der Waals surface area contributed by atoms with Gasteiger partial charge < -0.3 is 44.3 Å². The highest BCUT2D eigenvalue weighted by atomic mass is 16.4. The molecule has 0 fully saturated rings. The molecule has 32 aromatic rings. The van der Waals surface area contributed by atoms with Crippen LogP contribution in [0.25, 0.3) is 296 Å². The summed E-state index contributed by atoms with van der Waals surface area (Å²) < 4.78 is 49.6. The van der Waals surface area contributed by atoms with Crippen molar-refractivity contribution in [1.29, 1.82) is 5.26 Å². The molecule has 0 N–H and O–H groups in total. The van der Waals surface area contributed by atoms with Gasteiger partial charge in [-0.1, -0.05) is 239 Å². The molecule has 604 valence electrons. The zero-order chi connectivity index (χ0) is 85.1. The fourth-order valence-electron chi connectivity index (χ4n) is 22.7. The van der Waals surface area contributed by atoms with Gasteiger partial charge in [0.1, 0.15) is 33.5 Å². The second-order valence-corrected chi connectivity index (χ2v) is 36.2. The number of nitriles is 1. The first-order valence-electron chi connectivity index (χ1n) is 44.3. The molecule has 32 rings (SSSR count). The average Bonchev–Trinajstić information content (AvgIpc) is 1.52.